The largest absolute Gasteiger partial charge is 0.372 e. The van der Waals surface area contributed by atoms with Crippen LogP contribution in [0, 0.1) is 5.92 Å². The lowest BCUT2D eigenvalue weighted by molar-refractivity contribution is 0.242. The molecular formula is C60H62N2. The van der Waals surface area contributed by atoms with Crippen molar-refractivity contribution in [3.63, 3.8) is 0 Å². The molecular weight excluding hydrogens is 749 g/mol. The molecule has 312 valence electrons. The van der Waals surface area contributed by atoms with Gasteiger partial charge in [0.25, 0.3) is 0 Å². The Hall–Kier alpha value is -5.08. The number of piperidine rings is 2. The summed E-state index contributed by atoms with van der Waals surface area (Å²) in [5.74, 6) is 0.535. The molecule has 2 aliphatic heterocycles. The molecule has 0 radical (unpaired) electrons. The van der Waals surface area contributed by atoms with Crippen molar-refractivity contribution in [2.75, 3.05) is 36.0 Å². The molecule has 2 saturated carbocycles. The lowest BCUT2D eigenvalue weighted by Gasteiger charge is -2.41. The Bertz CT molecular complexity index is 2810. The van der Waals surface area contributed by atoms with Crippen LogP contribution in [0.1, 0.15) is 137 Å². The highest BCUT2D eigenvalue weighted by Crippen LogP contribution is 2.62. The first-order valence-corrected chi connectivity index (χ1v) is 25.0. The van der Waals surface area contributed by atoms with E-state index in [1.807, 2.05) is 0 Å². The van der Waals surface area contributed by atoms with Gasteiger partial charge < -0.3 is 9.80 Å². The van der Waals surface area contributed by atoms with Crippen molar-refractivity contribution in [3.05, 3.63) is 143 Å². The normalized spacial score (nSPS) is 22.4. The summed E-state index contributed by atoms with van der Waals surface area (Å²) in [5.41, 5.74) is 20.0. The van der Waals surface area contributed by atoms with Crippen molar-refractivity contribution < 1.29 is 0 Å². The average Bonchev–Trinajstić information content (AvgIpc) is 3.76. The van der Waals surface area contributed by atoms with Crippen LogP contribution in [-0.2, 0) is 10.8 Å². The van der Waals surface area contributed by atoms with E-state index in [1.54, 1.807) is 27.8 Å². The molecule has 6 aromatic carbocycles. The number of hydrogen-bond donors (Lipinski definition) is 0. The van der Waals surface area contributed by atoms with Gasteiger partial charge >= 0.3 is 0 Å². The third-order valence-corrected chi connectivity index (χ3v) is 17.6. The number of hydrogen-bond acceptors (Lipinski definition) is 2. The maximum absolute atomic E-state index is 2.69. The zero-order chi connectivity index (χ0) is 40.8. The maximum atomic E-state index is 2.69. The first kappa shape index (κ1) is 37.5. The molecule has 2 saturated heterocycles. The first-order valence-electron chi connectivity index (χ1n) is 25.0. The van der Waals surface area contributed by atoms with Gasteiger partial charge in [0, 0.05) is 48.4 Å². The van der Waals surface area contributed by atoms with Gasteiger partial charge in [-0.05, 0) is 190 Å². The van der Waals surface area contributed by atoms with Gasteiger partial charge in [0.2, 0.25) is 0 Å². The van der Waals surface area contributed by atoms with Crippen LogP contribution in [0.4, 0.5) is 11.4 Å². The maximum Gasteiger partial charge on any atom is 0.0372 e. The molecule has 2 spiro atoms. The topological polar surface area (TPSA) is 6.48 Å². The molecule has 1 atom stereocenters. The minimum atomic E-state index is 0.122. The quantitative estimate of drug-likeness (QED) is 0.164. The lowest BCUT2D eigenvalue weighted by Crippen LogP contribution is -2.34. The molecule has 6 aromatic rings. The minimum Gasteiger partial charge on any atom is -0.372 e. The van der Waals surface area contributed by atoms with E-state index in [1.165, 1.54) is 169 Å². The molecule has 0 amide bonds. The summed E-state index contributed by atoms with van der Waals surface area (Å²) in [6.07, 6.45) is 27.3. The summed E-state index contributed by atoms with van der Waals surface area (Å²) in [6.45, 7) is 4.63. The third-order valence-electron chi connectivity index (χ3n) is 17.6. The highest BCUT2D eigenvalue weighted by atomic mass is 15.1. The molecule has 0 aromatic heterocycles. The Morgan fingerprint density at radius 3 is 1.68 bits per heavy atom. The molecule has 2 heteroatoms. The molecule has 0 bridgehead atoms. The first-order chi connectivity index (χ1) is 30.7. The predicted molar refractivity (Wildman–Crippen MR) is 264 cm³/mol. The van der Waals surface area contributed by atoms with Gasteiger partial charge in [-0.1, -0.05) is 123 Å². The summed E-state index contributed by atoms with van der Waals surface area (Å²) >= 11 is 0. The van der Waals surface area contributed by atoms with Crippen LogP contribution in [-0.4, -0.2) is 26.2 Å². The second kappa shape index (κ2) is 14.8. The fourth-order valence-electron chi connectivity index (χ4n) is 14.7. The van der Waals surface area contributed by atoms with Gasteiger partial charge in [0.05, 0.1) is 0 Å². The second-order valence-electron chi connectivity index (χ2n) is 20.6. The summed E-state index contributed by atoms with van der Waals surface area (Å²) in [5, 5.41) is 5.76. The molecule has 5 aliphatic carbocycles. The fraction of sp³-hybridized carbons (Fsp3) is 0.400. The van der Waals surface area contributed by atoms with Gasteiger partial charge in [-0.2, -0.15) is 0 Å². The molecule has 2 heterocycles. The van der Waals surface area contributed by atoms with Crippen LogP contribution in [0.2, 0.25) is 0 Å². The Balaban J connectivity index is 1.07. The average molecular weight is 811 g/mol. The van der Waals surface area contributed by atoms with E-state index in [2.05, 4.69) is 125 Å². The number of nitrogens with zero attached hydrogens (tertiary/aromatic N) is 2. The van der Waals surface area contributed by atoms with Crippen molar-refractivity contribution in [1.29, 1.82) is 0 Å². The molecule has 1 unspecified atom stereocenters. The molecule has 2 nitrogen and oxygen atoms in total. The number of allylic oxidation sites excluding steroid dienone is 4. The molecule has 7 aliphatic rings. The summed E-state index contributed by atoms with van der Waals surface area (Å²) in [4.78, 5) is 5.37. The van der Waals surface area contributed by atoms with Crippen molar-refractivity contribution in [2.24, 2.45) is 5.92 Å². The van der Waals surface area contributed by atoms with Crippen molar-refractivity contribution in [1.82, 2.24) is 0 Å². The third kappa shape index (κ3) is 5.60. The molecule has 62 heavy (non-hydrogen) atoms. The van der Waals surface area contributed by atoms with E-state index in [-0.39, 0.29) is 10.8 Å². The molecule has 0 N–H and O–H groups in total. The predicted octanol–water partition coefficient (Wildman–Crippen LogP) is 15.6. The van der Waals surface area contributed by atoms with Gasteiger partial charge in [-0.25, -0.2) is 0 Å². The van der Waals surface area contributed by atoms with Crippen LogP contribution in [0.15, 0.2) is 115 Å². The van der Waals surface area contributed by atoms with Crippen molar-refractivity contribution in [2.45, 2.75) is 120 Å². The van der Waals surface area contributed by atoms with Crippen LogP contribution >= 0.6 is 0 Å². The monoisotopic (exact) mass is 810 g/mol. The van der Waals surface area contributed by atoms with E-state index in [0.29, 0.717) is 5.92 Å². The fourth-order valence-corrected chi connectivity index (χ4v) is 14.7. The Kier molecular flexibility index (Phi) is 8.92. The minimum absolute atomic E-state index is 0.122. The lowest BCUT2D eigenvalue weighted by atomic mass is 9.62. The van der Waals surface area contributed by atoms with E-state index in [4.69, 9.17) is 0 Å². The van der Waals surface area contributed by atoms with E-state index in [9.17, 15) is 0 Å². The summed E-state index contributed by atoms with van der Waals surface area (Å²) < 4.78 is 0. The van der Waals surface area contributed by atoms with Crippen LogP contribution in [0.3, 0.4) is 0 Å². The highest BCUT2D eigenvalue weighted by molar-refractivity contribution is 6.20. The van der Waals surface area contributed by atoms with Crippen LogP contribution in [0.5, 0.6) is 0 Å². The number of rotatable bonds is 4. The number of fused-ring (bicyclic) bond motifs is 12. The second-order valence-corrected chi connectivity index (χ2v) is 20.6. The Morgan fingerprint density at radius 1 is 0.419 bits per heavy atom. The molecule has 13 rings (SSSR count). The smallest absolute Gasteiger partial charge is 0.0372 e. The summed E-state index contributed by atoms with van der Waals surface area (Å²) in [7, 11) is 0. The number of anilines is 2. The van der Waals surface area contributed by atoms with E-state index in [0.717, 1.165) is 32.6 Å². The van der Waals surface area contributed by atoms with Crippen molar-refractivity contribution >= 4 is 44.1 Å². The van der Waals surface area contributed by atoms with Crippen LogP contribution < -0.4 is 9.80 Å². The van der Waals surface area contributed by atoms with Crippen molar-refractivity contribution in [3.8, 4) is 22.3 Å². The van der Waals surface area contributed by atoms with E-state index < -0.39 is 0 Å². The van der Waals surface area contributed by atoms with Gasteiger partial charge in [-0.15, -0.1) is 0 Å². The van der Waals surface area contributed by atoms with Gasteiger partial charge in [0.1, 0.15) is 0 Å². The van der Waals surface area contributed by atoms with Gasteiger partial charge in [0.15, 0.2) is 0 Å². The zero-order valence-electron chi connectivity index (χ0n) is 36.8. The zero-order valence-corrected chi connectivity index (χ0v) is 36.8. The molecule has 4 fully saturated rings. The Labute approximate surface area is 369 Å². The Morgan fingerprint density at radius 2 is 0.984 bits per heavy atom. The van der Waals surface area contributed by atoms with Crippen LogP contribution in [0.25, 0.3) is 54.9 Å². The number of benzene rings is 6. The van der Waals surface area contributed by atoms with E-state index >= 15 is 0 Å². The van der Waals surface area contributed by atoms with Gasteiger partial charge in [-0.3, -0.25) is 0 Å². The SMILES string of the molecule is C1=C(c2c3cc(N4CCCCC4)ccc3c(-c3ccc4c(c3)C3(CCCCC3)c3ccccc3-4)c3cc(N4CCCCC4)ccc23)CC2C(=C1)c1ccccc1C21CCCCC1. The standard InChI is InChI=1S/C60H62N2/c1-9-29-59(30-10-1)53-19-7-5-17-45(53)47-25-21-41(37-55(47)59)57-49-27-23-44(62-35-15-4-16-36-62)40-52(49)58(50-28-24-43(39-51(50)57)61-33-13-3-14-34-61)42-22-26-48-46-18-6-8-20-54(46)60(56(48)38-42)31-11-2-12-32-60/h5-8,17-28,37,39-40,56H,1-4,9-16,29-36,38H2. The highest BCUT2D eigenvalue weighted by Gasteiger charge is 2.50. The summed E-state index contributed by atoms with van der Waals surface area (Å²) in [6, 6.07) is 42.1.